The number of anilines is 1. The summed E-state index contributed by atoms with van der Waals surface area (Å²) in [6, 6.07) is 5.04. The van der Waals surface area contributed by atoms with Crippen molar-refractivity contribution in [1.82, 2.24) is 9.99 Å². The maximum atomic E-state index is 12.6. The molecule has 140 valence electrons. The summed E-state index contributed by atoms with van der Waals surface area (Å²) in [7, 11) is 0.496. The highest BCUT2D eigenvalue weighted by Crippen LogP contribution is 2.33. The van der Waals surface area contributed by atoms with Gasteiger partial charge in [-0.05, 0) is 55.7 Å². The Kier molecular flexibility index (Phi) is 6.29. The lowest BCUT2D eigenvalue weighted by atomic mass is 10.00. The van der Waals surface area contributed by atoms with Crippen LogP contribution in [0.1, 0.15) is 25.7 Å². The minimum atomic E-state index is -0.737. The van der Waals surface area contributed by atoms with Crippen LogP contribution in [-0.4, -0.2) is 41.3 Å². The van der Waals surface area contributed by atoms with Gasteiger partial charge in [-0.15, -0.1) is 0 Å². The summed E-state index contributed by atoms with van der Waals surface area (Å²) in [6.45, 7) is -0.169. The average molecular weight is 415 g/mol. The Hall–Kier alpha value is -1.47. The third-order valence-corrected chi connectivity index (χ3v) is 6.18. The van der Waals surface area contributed by atoms with Crippen LogP contribution in [0.15, 0.2) is 18.2 Å². The van der Waals surface area contributed by atoms with Gasteiger partial charge < -0.3 is 21.1 Å². The molecule has 0 aliphatic carbocycles. The molecule has 10 heteroatoms. The van der Waals surface area contributed by atoms with Crippen molar-refractivity contribution in [3.8, 4) is 5.75 Å². The predicted molar refractivity (Wildman–Crippen MR) is 104 cm³/mol. The predicted octanol–water partition coefficient (Wildman–Crippen LogP) is 2.64. The fourth-order valence-electron chi connectivity index (χ4n) is 3.61. The number of rotatable bonds is 6. The van der Waals surface area contributed by atoms with Crippen molar-refractivity contribution in [2.45, 2.75) is 43.8 Å². The zero-order valence-corrected chi connectivity index (χ0v) is 16.4. The maximum Gasteiger partial charge on any atom is 0.316 e. The zero-order valence-electron chi connectivity index (χ0n) is 14.0. The van der Waals surface area contributed by atoms with E-state index < -0.39 is 6.03 Å². The number of urea groups is 1. The number of nitrogens with zero attached hydrogens (tertiary/aromatic N) is 1. The lowest BCUT2D eigenvalue weighted by Crippen LogP contribution is -2.47. The molecule has 2 heterocycles. The smallest absolute Gasteiger partial charge is 0.316 e. The van der Waals surface area contributed by atoms with E-state index in [1.165, 1.54) is 6.07 Å². The van der Waals surface area contributed by atoms with Gasteiger partial charge in [0.2, 0.25) is 0 Å². The molecule has 3 amide bonds. The van der Waals surface area contributed by atoms with Crippen molar-refractivity contribution < 1.29 is 14.3 Å². The molecule has 4 N–H and O–H groups in total. The number of amides is 3. The van der Waals surface area contributed by atoms with E-state index in [2.05, 4.69) is 10.6 Å². The molecule has 0 aromatic heterocycles. The van der Waals surface area contributed by atoms with Crippen molar-refractivity contribution in [3.63, 3.8) is 0 Å². The topological polar surface area (TPSA) is 96.7 Å². The molecular weight excluding hydrogens is 395 g/mol. The van der Waals surface area contributed by atoms with E-state index in [1.54, 1.807) is 16.8 Å². The summed E-state index contributed by atoms with van der Waals surface area (Å²) < 4.78 is 7.30. The molecule has 1 aromatic carbocycles. The molecule has 3 atom stereocenters. The summed E-state index contributed by atoms with van der Waals surface area (Å²) in [5.41, 5.74) is 5.47. The molecule has 2 aliphatic heterocycles. The van der Waals surface area contributed by atoms with E-state index >= 15 is 0 Å². The first-order valence-corrected chi connectivity index (χ1v) is 10.6. The van der Waals surface area contributed by atoms with Gasteiger partial charge in [0.1, 0.15) is 5.75 Å². The van der Waals surface area contributed by atoms with Gasteiger partial charge in [-0.25, -0.2) is 4.79 Å². The van der Waals surface area contributed by atoms with Crippen LogP contribution in [0.25, 0.3) is 0 Å². The van der Waals surface area contributed by atoms with Crippen molar-refractivity contribution in [2.75, 3.05) is 11.9 Å². The van der Waals surface area contributed by atoms with Crippen LogP contribution in [-0.2, 0) is 16.6 Å². The Balaban J connectivity index is 1.64. The van der Waals surface area contributed by atoms with Crippen LogP contribution < -0.4 is 21.1 Å². The number of fused-ring (bicyclic) bond motifs is 2. The van der Waals surface area contributed by atoms with E-state index in [9.17, 15) is 9.59 Å². The number of carbonyl (C=O) groups is 2. The Bertz CT molecular complexity index is 711. The van der Waals surface area contributed by atoms with Gasteiger partial charge in [0.25, 0.3) is 5.91 Å². The summed E-state index contributed by atoms with van der Waals surface area (Å²) >= 11 is 11.1. The monoisotopic (exact) mass is 414 g/mol. The summed E-state index contributed by atoms with van der Waals surface area (Å²) in [6.07, 6.45) is 4.14. The van der Waals surface area contributed by atoms with Gasteiger partial charge >= 0.3 is 6.03 Å². The quantitative estimate of drug-likeness (QED) is 0.622. The molecule has 0 radical (unpaired) electrons. The van der Waals surface area contributed by atoms with E-state index in [-0.39, 0.29) is 18.6 Å². The van der Waals surface area contributed by atoms with Gasteiger partial charge in [-0.2, -0.15) is 0 Å². The fraction of sp³-hybridized carbons (Fsp3) is 0.500. The molecule has 1 aromatic rings. The van der Waals surface area contributed by atoms with Crippen LogP contribution in [0.3, 0.4) is 0 Å². The van der Waals surface area contributed by atoms with Gasteiger partial charge in [0, 0.05) is 23.1 Å². The number of hydrogen-bond acceptors (Lipinski definition) is 5. The van der Waals surface area contributed by atoms with Crippen LogP contribution in [0, 0.1) is 0 Å². The number of hydrogen-bond donors (Lipinski definition) is 3. The van der Waals surface area contributed by atoms with E-state index in [1.807, 2.05) is 0 Å². The summed E-state index contributed by atoms with van der Waals surface area (Å²) in [5.74, 6) is 0.154. The Morgan fingerprint density at radius 2 is 2.08 bits per heavy atom. The van der Waals surface area contributed by atoms with Crippen LogP contribution in [0.5, 0.6) is 5.75 Å². The minimum absolute atomic E-state index is 0.137. The van der Waals surface area contributed by atoms with Crippen LogP contribution in [0.4, 0.5) is 10.5 Å². The molecule has 2 saturated heterocycles. The standard InChI is InChI=1S/C16H20ClN4O3PS/c17-9-1-4-14(13(5-9)20-16(18)23)24-8-15(22)21(25-26)12-6-10-2-3-11(7-12)19-10/h1,4-5,10-12,19H,2-3,6-8H2,(H3,18,20,23)/t10-,11+,12-. The number of halogens is 1. The maximum absolute atomic E-state index is 12.6. The number of nitrogens with two attached hydrogens (primary N) is 1. The molecule has 26 heavy (non-hydrogen) atoms. The first-order chi connectivity index (χ1) is 12.5. The number of benzene rings is 1. The summed E-state index contributed by atoms with van der Waals surface area (Å²) in [4.78, 5) is 23.8. The van der Waals surface area contributed by atoms with Gasteiger partial charge in [0.05, 0.1) is 13.2 Å². The first-order valence-electron chi connectivity index (χ1n) is 8.36. The normalized spacial score (nSPS) is 24.3. The Morgan fingerprint density at radius 3 is 2.69 bits per heavy atom. The molecule has 7 nitrogen and oxygen atoms in total. The number of nitrogens with one attached hydrogen (secondary N) is 2. The van der Waals surface area contributed by atoms with Gasteiger partial charge in [-0.1, -0.05) is 11.6 Å². The molecule has 0 spiro atoms. The minimum Gasteiger partial charge on any atom is -0.482 e. The third kappa shape index (κ3) is 4.62. The third-order valence-electron chi connectivity index (χ3n) is 4.69. The largest absolute Gasteiger partial charge is 0.482 e. The lowest BCUT2D eigenvalue weighted by Gasteiger charge is -2.34. The lowest BCUT2D eigenvalue weighted by molar-refractivity contribution is -0.130. The van der Waals surface area contributed by atoms with Crippen LogP contribution in [0.2, 0.25) is 5.02 Å². The summed E-state index contributed by atoms with van der Waals surface area (Å²) in [5, 5.41) is 6.41. The van der Waals surface area contributed by atoms with Crippen LogP contribution >= 0.6 is 19.1 Å². The van der Waals surface area contributed by atoms with Gasteiger partial charge in [-0.3, -0.25) is 9.46 Å². The fourth-order valence-corrected chi connectivity index (χ4v) is 4.92. The van der Waals surface area contributed by atoms with E-state index in [0.29, 0.717) is 36.0 Å². The molecule has 2 aliphatic rings. The Morgan fingerprint density at radius 1 is 1.38 bits per heavy atom. The first kappa shape index (κ1) is 19.3. The van der Waals surface area contributed by atoms with Crippen molar-refractivity contribution in [2.24, 2.45) is 5.73 Å². The second-order valence-electron chi connectivity index (χ2n) is 6.50. The molecule has 0 unspecified atom stereocenters. The molecule has 2 fully saturated rings. The van der Waals surface area contributed by atoms with Crippen molar-refractivity contribution in [1.29, 1.82) is 0 Å². The number of ether oxygens (including phenoxy) is 1. The second-order valence-corrected chi connectivity index (χ2v) is 8.02. The molecule has 0 saturated carbocycles. The molecular formula is C16H20ClN4O3PS. The SMILES string of the molecule is NC(=O)Nc1cc(Cl)ccc1OCC(=O)N(P=S)[C@@H]1C[C@H]2CC[C@@H](C1)N2. The number of primary amides is 1. The average Bonchev–Trinajstić information content (AvgIpc) is 2.92. The number of carbonyl (C=O) groups excluding carboxylic acids is 2. The molecule has 3 rings (SSSR count). The number of piperidine rings is 1. The highest BCUT2D eigenvalue weighted by molar-refractivity contribution is 7.95. The zero-order chi connectivity index (χ0) is 18.7. The highest BCUT2D eigenvalue weighted by atomic mass is 35.5. The Labute approximate surface area is 163 Å². The van der Waals surface area contributed by atoms with Crippen molar-refractivity contribution in [3.05, 3.63) is 23.2 Å². The van der Waals surface area contributed by atoms with E-state index in [0.717, 1.165) is 25.7 Å². The van der Waals surface area contributed by atoms with E-state index in [4.69, 9.17) is 33.9 Å². The second kappa shape index (κ2) is 8.48. The highest BCUT2D eigenvalue weighted by Gasteiger charge is 2.37. The van der Waals surface area contributed by atoms with Crippen molar-refractivity contribution >= 4 is 48.5 Å². The molecule has 2 bridgehead atoms. The van der Waals surface area contributed by atoms with Gasteiger partial charge in [0.15, 0.2) is 6.61 Å².